The van der Waals surface area contributed by atoms with Crippen LogP contribution in [-0.4, -0.2) is 25.1 Å². The first-order valence-electron chi connectivity index (χ1n) is 10.3. The van der Waals surface area contributed by atoms with E-state index < -0.39 is 0 Å². The van der Waals surface area contributed by atoms with E-state index in [0.717, 1.165) is 28.3 Å². The first kappa shape index (κ1) is 18.0. The highest BCUT2D eigenvalue weighted by Crippen LogP contribution is 2.41. The van der Waals surface area contributed by atoms with E-state index in [1.54, 1.807) is 11.3 Å². The van der Waals surface area contributed by atoms with Gasteiger partial charge in [-0.2, -0.15) is 0 Å². The topological polar surface area (TPSA) is 59.7 Å². The molecule has 0 saturated carbocycles. The lowest BCUT2D eigenvalue weighted by Crippen LogP contribution is -3.03. The first-order valence-corrected chi connectivity index (χ1v) is 11.2. The van der Waals surface area contributed by atoms with Gasteiger partial charge in [0, 0.05) is 12.0 Å². The number of quaternary nitrogens is 1. The maximum absolute atomic E-state index is 5.05. The van der Waals surface area contributed by atoms with E-state index in [0.29, 0.717) is 0 Å². The number of fused-ring (bicyclic) bond motifs is 6. The van der Waals surface area contributed by atoms with E-state index >= 15 is 0 Å². The second-order valence-electron chi connectivity index (χ2n) is 9.60. The molecule has 6 rings (SSSR count). The second-order valence-corrected chi connectivity index (χ2v) is 10.6. The summed E-state index contributed by atoms with van der Waals surface area (Å²) in [6.45, 7) is 9.26. The van der Waals surface area contributed by atoms with E-state index in [1.807, 2.05) is 10.8 Å². The molecule has 2 aromatic carbocycles. The molecule has 6 heteroatoms. The molecule has 0 saturated heterocycles. The number of aromatic nitrogens is 4. The van der Waals surface area contributed by atoms with Gasteiger partial charge in [0.2, 0.25) is 0 Å². The van der Waals surface area contributed by atoms with Crippen LogP contribution in [0.5, 0.6) is 0 Å². The van der Waals surface area contributed by atoms with Crippen molar-refractivity contribution in [2.75, 3.05) is 0 Å². The molecule has 5 nitrogen and oxygen atoms in total. The molecule has 0 unspecified atom stereocenters. The Morgan fingerprint density at radius 1 is 1.03 bits per heavy atom. The van der Waals surface area contributed by atoms with Gasteiger partial charge < -0.3 is 5.32 Å². The fourth-order valence-electron chi connectivity index (χ4n) is 5.23. The summed E-state index contributed by atoms with van der Waals surface area (Å²) in [6.07, 6.45) is 2.81. The van der Waals surface area contributed by atoms with Crippen LogP contribution in [0.15, 0.2) is 48.8 Å². The van der Waals surface area contributed by atoms with Crippen LogP contribution in [0.2, 0.25) is 0 Å². The summed E-state index contributed by atoms with van der Waals surface area (Å²) in [5, 5.41) is 10.9. The highest BCUT2D eigenvalue weighted by Gasteiger charge is 2.43. The molecule has 2 N–H and O–H groups in total. The Balaban J connectivity index is 1.64. The summed E-state index contributed by atoms with van der Waals surface area (Å²) < 4.78 is 1.85. The average molecular weight is 415 g/mol. The number of nitrogens with zero attached hydrogens (tertiary/aromatic N) is 4. The van der Waals surface area contributed by atoms with Gasteiger partial charge in [-0.05, 0) is 44.0 Å². The molecule has 0 amide bonds. The Morgan fingerprint density at radius 3 is 2.70 bits per heavy atom. The van der Waals surface area contributed by atoms with Crippen molar-refractivity contribution in [1.29, 1.82) is 0 Å². The van der Waals surface area contributed by atoms with Crippen molar-refractivity contribution < 1.29 is 5.32 Å². The van der Waals surface area contributed by atoms with Gasteiger partial charge >= 0.3 is 0 Å². The molecule has 1 aliphatic rings. The molecular formula is C24H24N5S+. The van der Waals surface area contributed by atoms with E-state index in [9.17, 15) is 0 Å². The molecule has 0 radical (unpaired) electrons. The number of thiophene rings is 1. The van der Waals surface area contributed by atoms with Crippen LogP contribution in [0, 0.1) is 0 Å². The summed E-state index contributed by atoms with van der Waals surface area (Å²) in [4.78, 5) is 12.3. The van der Waals surface area contributed by atoms with Crippen LogP contribution in [-0.2, 0) is 12.0 Å². The van der Waals surface area contributed by atoms with Gasteiger partial charge in [-0.15, -0.1) is 16.4 Å². The standard InChI is InChI=1S/C24H23N5S/c1-23(2)12-17-18-21-26-20(16-11-7-9-14-8-5-6-10-15(14)16)27-29(21)13-25-22(18)30-19(17)24(3,4)28-23/h5-11,13,28H,12H2,1-4H3/p+1. The normalized spacial score (nSPS) is 17.6. The third-order valence-corrected chi connectivity index (χ3v) is 7.61. The van der Waals surface area contributed by atoms with Crippen molar-refractivity contribution in [3.8, 4) is 11.4 Å². The minimum absolute atomic E-state index is 0.0257. The molecule has 5 aromatic rings. The van der Waals surface area contributed by atoms with Crippen molar-refractivity contribution in [2.45, 2.75) is 45.2 Å². The highest BCUT2D eigenvalue weighted by molar-refractivity contribution is 7.19. The van der Waals surface area contributed by atoms with Gasteiger partial charge in [0.1, 0.15) is 16.7 Å². The first-order chi connectivity index (χ1) is 14.3. The van der Waals surface area contributed by atoms with Crippen LogP contribution in [0.25, 0.3) is 38.0 Å². The number of nitrogens with two attached hydrogens (primary N) is 1. The number of hydrogen-bond donors (Lipinski definition) is 1. The number of hydrogen-bond acceptors (Lipinski definition) is 4. The molecule has 30 heavy (non-hydrogen) atoms. The van der Waals surface area contributed by atoms with Gasteiger partial charge in [-0.3, -0.25) is 0 Å². The smallest absolute Gasteiger partial charge is 0.182 e. The molecule has 4 heterocycles. The lowest BCUT2D eigenvalue weighted by atomic mass is 9.82. The zero-order valence-electron chi connectivity index (χ0n) is 17.6. The summed E-state index contributed by atoms with van der Waals surface area (Å²) in [6, 6.07) is 14.7. The number of rotatable bonds is 1. The molecule has 1 aliphatic heterocycles. The van der Waals surface area contributed by atoms with E-state index in [-0.39, 0.29) is 11.1 Å². The van der Waals surface area contributed by atoms with Crippen LogP contribution in [0.4, 0.5) is 0 Å². The summed E-state index contributed by atoms with van der Waals surface area (Å²) in [7, 11) is 0. The van der Waals surface area contributed by atoms with Gasteiger partial charge in [0.05, 0.1) is 15.8 Å². The van der Waals surface area contributed by atoms with Crippen LogP contribution in [0.1, 0.15) is 38.1 Å². The van der Waals surface area contributed by atoms with Gasteiger partial charge in [-0.1, -0.05) is 42.5 Å². The lowest BCUT2D eigenvalue weighted by Gasteiger charge is -2.38. The van der Waals surface area contributed by atoms with Crippen LogP contribution in [0.3, 0.4) is 0 Å². The molecule has 3 aromatic heterocycles. The van der Waals surface area contributed by atoms with Gasteiger partial charge in [-0.25, -0.2) is 14.5 Å². The predicted molar refractivity (Wildman–Crippen MR) is 122 cm³/mol. The summed E-state index contributed by atoms with van der Waals surface area (Å²) >= 11 is 1.81. The Kier molecular flexibility index (Phi) is 3.51. The molecule has 0 aliphatic carbocycles. The molecule has 150 valence electrons. The number of benzene rings is 2. The van der Waals surface area contributed by atoms with Crippen molar-refractivity contribution in [2.24, 2.45) is 0 Å². The zero-order valence-corrected chi connectivity index (χ0v) is 18.4. The Labute approximate surface area is 178 Å². The van der Waals surface area contributed by atoms with Crippen molar-refractivity contribution in [3.63, 3.8) is 0 Å². The third-order valence-electron chi connectivity index (χ3n) is 6.13. The molecule has 0 spiro atoms. The summed E-state index contributed by atoms with van der Waals surface area (Å²) in [5.41, 5.74) is 3.52. The fraction of sp³-hybridized carbons (Fsp3) is 0.292. The third kappa shape index (κ3) is 2.53. The lowest BCUT2D eigenvalue weighted by molar-refractivity contribution is -0.789. The van der Waals surface area contributed by atoms with Crippen molar-refractivity contribution in [1.82, 2.24) is 19.6 Å². The Bertz CT molecular complexity index is 1450. The van der Waals surface area contributed by atoms with Crippen molar-refractivity contribution >= 4 is 38.0 Å². The molecule has 0 bridgehead atoms. The Hall–Kier alpha value is -2.83. The predicted octanol–water partition coefficient (Wildman–Crippen LogP) is 4.29. The van der Waals surface area contributed by atoms with E-state index in [4.69, 9.17) is 15.1 Å². The van der Waals surface area contributed by atoms with Crippen LogP contribution >= 0.6 is 11.3 Å². The maximum Gasteiger partial charge on any atom is 0.182 e. The molecule has 0 atom stereocenters. The SMILES string of the molecule is CC1(C)Cc2c(sc3ncn4nc(-c5cccc6ccccc56)nc4c23)C(C)(C)[NH2+]1. The monoisotopic (exact) mass is 414 g/mol. The minimum atomic E-state index is 0.0257. The zero-order chi connectivity index (χ0) is 20.7. The Morgan fingerprint density at radius 2 is 1.83 bits per heavy atom. The highest BCUT2D eigenvalue weighted by atomic mass is 32.1. The van der Waals surface area contributed by atoms with Gasteiger partial charge in [0.15, 0.2) is 11.5 Å². The quantitative estimate of drug-likeness (QED) is 0.445. The minimum Gasteiger partial charge on any atom is -0.333 e. The largest absolute Gasteiger partial charge is 0.333 e. The van der Waals surface area contributed by atoms with E-state index in [2.05, 4.69) is 75.5 Å². The second kappa shape index (κ2) is 5.86. The maximum atomic E-state index is 5.05. The van der Waals surface area contributed by atoms with Crippen LogP contribution < -0.4 is 5.32 Å². The molecule has 0 fully saturated rings. The summed E-state index contributed by atoms with van der Waals surface area (Å²) in [5.74, 6) is 0.752. The van der Waals surface area contributed by atoms with Crippen molar-refractivity contribution in [3.05, 3.63) is 59.2 Å². The van der Waals surface area contributed by atoms with E-state index in [1.165, 1.54) is 26.6 Å². The fourth-order valence-corrected chi connectivity index (χ4v) is 6.46. The average Bonchev–Trinajstić information content (AvgIpc) is 3.27. The van der Waals surface area contributed by atoms with Gasteiger partial charge in [0.25, 0.3) is 0 Å². The molecular weight excluding hydrogens is 390 g/mol.